The predicted molar refractivity (Wildman–Crippen MR) is 130 cm³/mol. The summed E-state index contributed by atoms with van der Waals surface area (Å²) in [5.41, 5.74) is 6.34. The van der Waals surface area contributed by atoms with Gasteiger partial charge in [-0.05, 0) is 109 Å². The van der Waals surface area contributed by atoms with Crippen molar-refractivity contribution in [2.45, 2.75) is 20.8 Å². The zero-order chi connectivity index (χ0) is 20.5. The van der Waals surface area contributed by atoms with E-state index in [0.717, 1.165) is 33.9 Å². The highest BCUT2D eigenvalue weighted by Gasteiger charge is 2.24. The number of aromatic nitrogens is 1. The summed E-state index contributed by atoms with van der Waals surface area (Å²) in [6, 6.07) is 18.4. The van der Waals surface area contributed by atoms with Crippen LogP contribution in [0.1, 0.15) is 22.5 Å². The Hall–Kier alpha value is -2.32. The van der Waals surface area contributed by atoms with Crippen molar-refractivity contribution in [3.05, 3.63) is 85.6 Å². The number of rotatable bonds is 3. The van der Waals surface area contributed by atoms with Crippen LogP contribution in [-0.2, 0) is 4.79 Å². The highest BCUT2D eigenvalue weighted by atomic mass is 127. The zero-order valence-corrected chi connectivity index (χ0v) is 19.3. The van der Waals surface area contributed by atoms with Crippen molar-refractivity contribution in [1.29, 1.82) is 0 Å². The Labute approximate surface area is 188 Å². The van der Waals surface area contributed by atoms with Crippen LogP contribution in [0.4, 0.5) is 5.69 Å². The number of amides is 1. The second-order valence-electron chi connectivity index (χ2n) is 6.91. The second-order valence-corrected chi connectivity index (χ2v) is 9.18. The Morgan fingerprint density at radius 3 is 2.52 bits per heavy atom. The van der Waals surface area contributed by atoms with Crippen molar-refractivity contribution in [2.24, 2.45) is 4.99 Å². The average Bonchev–Trinajstić information content (AvgIpc) is 3.17. The minimum Gasteiger partial charge on any atom is -0.318 e. The molecular formula is C23H20IN3OS. The molecule has 2 heterocycles. The van der Waals surface area contributed by atoms with Crippen LogP contribution in [0.2, 0.25) is 0 Å². The van der Waals surface area contributed by atoms with Gasteiger partial charge in [0.05, 0.1) is 10.6 Å². The zero-order valence-electron chi connectivity index (χ0n) is 16.4. The van der Waals surface area contributed by atoms with Crippen molar-refractivity contribution >= 4 is 57.2 Å². The number of hydrogen-bond donors (Lipinski definition) is 1. The Morgan fingerprint density at radius 2 is 1.79 bits per heavy atom. The van der Waals surface area contributed by atoms with E-state index >= 15 is 0 Å². The second kappa shape index (κ2) is 8.20. The summed E-state index contributed by atoms with van der Waals surface area (Å²) in [5.74, 6) is -0.110. The van der Waals surface area contributed by atoms with Crippen molar-refractivity contribution < 1.29 is 4.79 Å². The summed E-state index contributed by atoms with van der Waals surface area (Å²) < 4.78 is 3.41. The van der Waals surface area contributed by atoms with Gasteiger partial charge in [0, 0.05) is 20.6 Å². The lowest BCUT2D eigenvalue weighted by atomic mass is 10.2. The number of para-hydroxylation sites is 1. The third kappa shape index (κ3) is 4.18. The molecule has 0 aliphatic carbocycles. The number of halogens is 1. The van der Waals surface area contributed by atoms with Gasteiger partial charge in [-0.15, -0.1) is 0 Å². The van der Waals surface area contributed by atoms with Gasteiger partial charge in [0.1, 0.15) is 0 Å². The Morgan fingerprint density at radius 1 is 1.07 bits per heavy atom. The van der Waals surface area contributed by atoms with E-state index in [1.165, 1.54) is 15.3 Å². The lowest BCUT2D eigenvalue weighted by Crippen LogP contribution is -2.19. The van der Waals surface area contributed by atoms with E-state index in [1.807, 2.05) is 37.3 Å². The van der Waals surface area contributed by atoms with Crippen LogP contribution in [0, 0.1) is 24.3 Å². The Bertz CT molecular complexity index is 1160. The molecule has 0 saturated carbocycles. The van der Waals surface area contributed by atoms with Gasteiger partial charge in [-0.1, -0.05) is 18.2 Å². The molecule has 1 aliphatic rings. The normalized spacial score (nSPS) is 16.6. The summed E-state index contributed by atoms with van der Waals surface area (Å²) >= 11 is 3.69. The van der Waals surface area contributed by atoms with E-state index in [0.29, 0.717) is 10.1 Å². The standard InChI is InChI=1S/C23H20IN3OS/c1-14-6-4-5-7-20(14)25-23-26-22(28)21(29-23)13-17-12-15(2)27(16(17)3)19-10-8-18(24)9-11-19/h4-13H,1-3H3,(H,25,26,28)/b21-13-. The molecule has 0 radical (unpaired) electrons. The number of benzene rings is 2. The van der Waals surface area contributed by atoms with E-state index in [4.69, 9.17) is 0 Å². The number of aryl methyl sites for hydroxylation is 2. The lowest BCUT2D eigenvalue weighted by Gasteiger charge is -2.09. The van der Waals surface area contributed by atoms with Gasteiger partial charge < -0.3 is 9.88 Å². The number of hydrogen-bond acceptors (Lipinski definition) is 3. The van der Waals surface area contributed by atoms with E-state index in [1.54, 1.807) is 0 Å². The molecule has 4 nitrogen and oxygen atoms in total. The van der Waals surface area contributed by atoms with Crippen molar-refractivity contribution in [3.63, 3.8) is 0 Å². The molecule has 29 heavy (non-hydrogen) atoms. The molecule has 1 saturated heterocycles. The summed E-state index contributed by atoms with van der Waals surface area (Å²) in [6.07, 6.45) is 1.95. The van der Waals surface area contributed by atoms with Gasteiger partial charge in [0.2, 0.25) is 0 Å². The summed E-state index contributed by atoms with van der Waals surface area (Å²) in [4.78, 5) is 17.7. The maximum atomic E-state index is 12.5. The molecule has 6 heteroatoms. The molecule has 0 bridgehead atoms. The van der Waals surface area contributed by atoms with Gasteiger partial charge in [0.25, 0.3) is 5.91 Å². The fourth-order valence-corrected chi connectivity index (χ4v) is 4.53. The molecular weight excluding hydrogens is 493 g/mol. The number of aliphatic imine (C=N–C) groups is 1. The molecule has 0 spiro atoms. The molecule has 1 fully saturated rings. The van der Waals surface area contributed by atoms with Crippen LogP contribution in [0.15, 0.2) is 64.5 Å². The van der Waals surface area contributed by atoms with Crippen LogP contribution in [0.25, 0.3) is 11.8 Å². The Balaban J connectivity index is 1.65. The van der Waals surface area contributed by atoms with E-state index in [2.05, 4.69) is 81.6 Å². The number of amidine groups is 1. The van der Waals surface area contributed by atoms with Gasteiger partial charge in [-0.25, -0.2) is 4.99 Å². The van der Waals surface area contributed by atoms with Crippen LogP contribution < -0.4 is 5.32 Å². The molecule has 3 aromatic rings. The topological polar surface area (TPSA) is 46.4 Å². The van der Waals surface area contributed by atoms with E-state index < -0.39 is 0 Å². The highest BCUT2D eigenvalue weighted by molar-refractivity contribution is 14.1. The Kier molecular flexibility index (Phi) is 5.65. The third-order valence-corrected chi connectivity index (χ3v) is 6.46. The fourth-order valence-electron chi connectivity index (χ4n) is 3.34. The van der Waals surface area contributed by atoms with Gasteiger partial charge in [-0.3, -0.25) is 4.79 Å². The summed E-state index contributed by atoms with van der Waals surface area (Å²) in [5, 5.41) is 3.49. The van der Waals surface area contributed by atoms with Crippen molar-refractivity contribution in [2.75, 3.05) is 0 Å². The lowest BCUT2D eigenvalue weighted by molar-refractivity contribution is -0.115. The number of nitrogens with zero attached hydrogens (tertiary/aromatic N) is 2. The number of carbonyl (C=O) groups excluding carboxylic acids is 1. The molecule has 2 aromatic carbocycles. The molecule has 1 amide bonds. The van der Waals surface area contributed by atoms with Crippen LogP contribution in [0.3, 0.4) is 0 Å². The predicted octanol–water partition coefficient (Wildman–Crippen LogP) is 5.90. The number of thioether (sulfide) groups is 1. The van der Waals surface area contributed by atoms with Gasteiger partial charge in [0.15, 0.2) is 5.17 Å². The number of nitrogens with one attached hydrogen (secondary N) is 1. The van der Waals surface area contributed by atoms with Crippen molar-refractivity contribution in [1.82, 2.24) is 9.88 Å². The molecule has 1 aromatic heterocycles. The van der Waals surface area contributed by atoms with Crippen LogP contribution in [0.5, 0.6) is 0 Å². The average molecular weight is 513 g/mol. The van der Waals surface area contributed by atoms with Crippen LogP contribution in [-0.4, -0.2) is 15.6 Å². The van der Waals surface area contributed by atoms with Crippen LogP contribution >= 0.6 is 34.4 Å². The first-order chi connectivity index (χ1) is 13.9. The fraction of sp³-hybridized carbons (Fsp3) is 0.130. The molecule has 1 aliphatic heterocycles. The number of carbonyl (C=O) groups is 1. The van der Waals surface area contributed by atoms with E-state index in [9.17, 15) is 4.79 Å². The quantitative estimate of drug-likeness (QED) is 0.350. The molecule has 4 rings (SSSR count). The maximum Gasteiger partial charge on any atom is 0.264 e. The molecule has 1 N–H and O–H groups in total. The van der Waals surface area contributed by atoms with E-state index in [-0.39, 0.29) is 5.91 Å². The monoisotopic (exact) mass is 513 g/mol. The summed E-state index contributed by atoms with van der Waals surface area (Å²) in [6.45, 7) is 6.17. The first-order valence-electron chi connectivity index (χ1n) is 9.22. The minimum absolute atomic E-state index is 0.110. The first-order valence-corrected chi connectivity index (χ1v) is 11.1. The summed E-state index contributed by atoms with van der Waals surface area (Å²) in [7, 11) is 0. The highest BCUT2D eigenvalue weighted by Crippen LogP contribution is 2.31. The first kappa shape index (κ1) is 20.0. The smallest absolute Gasteiger partial charge is 0.264 e. The maximum absolute atomic E-state index is 12.5. The molecule has 146 valence electrons. The van der Waals surface area contributed by atoms with Gasteiger partial charge >= 0.3 is 0 Å². The third-order valence-electron chi connectivity index (χ3n) is 4.83. The van der Waals surface area contributed by atoms with Crippen molar-refractivity contribution in [3.8, 4) is 5.69 Å². The SMILES string of the molecule is Cc1ccccc1N=C1NC(=O)/C(=C/c2cc(C)n(-c3ccc(I)cc3)c2C)S1. The largest absolute Gasteiger partial charge is 0.318 e. The molecule has 0 atom stereocenters. The molecule has 0 unspecified atom stereocenters. The minimum atomic E-state index is -0.110. The van der Waals surface area contributed by atoms with Gasteiger partial charge in [-0.2, -0.15) is 0 Å².